The third-order valence-electron chi connectivity index (χ3n) is 3.34. The standard InChI is InChI=1S/C13H15NO/c1-9-2-5-12-10(6-9)7-14(8-13(12)15)11-3-4-11/h2,5-6,11H,3-4,7-8H2,1H3. The summed E-state index contributed by atoms with van der Waals surface area (Å²) in [5.74, 6) is 0.295. The lowest BCUT2D eigenvalue weighted by Crippen LogP contribution is -2.36. The number of carbonyl (C=O) groups is 1. The van der Waals surface area contributed by atoms with Crippen molar-refractivity contribution in [2.75, 3.05) is 6.54 Å². The molecule has 3 rings (SSSR count). The topological polar surface area (TPSA) is 20.3 Å². The highest BCUT2D eigenvalue weighted by Gasteiger charge is 2.33. The van der Waals surface area contributed by atoms with Crippen LogP contribution in [0.3, 0.4) is 0 Å². The molecule has 2 aliphatic rings. The van der Waals surface area contributed by atoms with Gasteiger partial charge in [-0.25, -0.2) is 0 Å². The lowest BCUT2D eigenvalue weighted by molar-refractivity contribution is 0.0893. The summed E-state index contributed by atoms with van der Waals surface area (Å²) in [4.78, 5) is 14.2. The largest absolute Gasteiger partial charge is 0.293 e. The van der Waals surface area contributed by atoms with E-state index in [-0.39, 0.29) is 0 Å². The van der Waals surface area contributed by atoms with E-state index in [4.69, 9.17) is 0 Å². The number of fused-ring (bicyclic) bond motifs is 1. The summed E-state index contributed by atoms with van der Waals surface area (Å²) in [6, 6.07) is 6.85. The minimum atomic E-state index is 0.295. The van der Waals surface area contributed by atoms with Gasteiger partial charge >= 0.3 is 0 Å². The molecule has 15 heavy (non-hydrogen) atoms. The van der Waals surface area contributed by atoms with Gasteiger partial charge in [-0.15, -0.1) is 0 Å². The number of Topliss-reactive ketones (excluding diaryl/α,β-unsaturated/α-hetero) is 1. The maximum absolute atomic E-state index is 11.9. The van der Waals surface area contributed by atoms with E-state index in [9.17, 15) is 4.79 Å². The Morgan fingerprint density at radius 2 is 2.07 bits per heavy atom. The van der Waals surface area contributed by atoms with E-state index in [1.165, 1.54) is 24.0 Å². The van der Waals surface area contributed by atoms with Crippen LogP contribution in [0, 0.1) is 6.92 Å². The number of rotatable bonds is 1. The molecule has 0 aromatic heterocycles. The number of carbonyl (C=O) groups excluding carboxylic acids is 1. The third-order valence-corrected chi connectivity index (χ3v) is 3.34. The minimum absolute atomic E-state index is 0.295. The molecule has 0 radical (unpaired) electrons. The predicted molar refractivity (Wildman–Crippen MR) is 58.9 cm³/mol. The second kappa shape index (κ2) is 3.17. The van der Waals surface area contributed by atoms with E-state index in [0.717, 1.165) is 12.1 Å². The van der Waals surface area contributed by atoms with Crippen molar-refractivity contribution in [2.45, 2.75) is 32.4 Å². The molecule has 1 saturated carbocycles. The molecule has 1 aromatic rings. The van der Waals surface area contributed by atoms with Crippen LogP contribution in [0.15, 0.2) is 18.2 Å². The van der Waals surface area contributed by atoms with Gasteiger partial charge in [0.1, 0.15) is 0 Å². The predicted octanol–water partition coefficient (Wildman–Crippen LogP) is 2.16. The Morgan fingerprint density at radius 1 is 1.27 bits per heavy atom. The molecule has 2 heteroatoms. The molecule has 0 unspecified atom stereocenters. The van der Waals surface area contributed by atoms with Gasteiger partial charge in [-0.3, -0.25) is 9.69 Å². The summed E-state index contributed by atoms with van der Waals surface area (Å²) < 4.78 is 0. The first-order chi connectivity index (χ1) is 7.24. The third kappa shape index (κ3) is 1.59. The van der Waals surface area contributed by atoms with Gasteiger partial charge in [-0.05, 0) is 25.3 Å². The van der Waals surface area contributed by atoms with Crippen molar-refractivity contribution in [3.05, 3.63) is 34.9 Å². The summed E-state index contributed by atoms with van der Waals surface area (Å²) >= 11 is 0. The first-order valence-corrected chi connectivity index (χ1v) is 5.61. The highest BCUT2D eigenvalue weighted by atomic mass is 16.1. The zero-order chi connectivity index (χ0) is 10.4. The van der Waals surface area contributed by atoms with Gasteiger partial charge in [0.2, 0.25) is 0 Å². The number of hydrogen-bond donors (Lipinski definition) is 0. The molecular weight excluding hydrogens is 186 g/mol. The van der Waals surface area contributed by atoms with Crippen LogP contribution < -0.4 is 0 Å². The van der Waals surface area contributed by atoms with Crippen molar-refractivity contribution in [3.8, 4) is 0 Å². The normalized spacial score (nSPS) is 21.5. The lowest BCUT2D eigenvalue weighted by atomic mass is 9.97. The fourth-order valence-electron chi connectivity index (χ4n) is 2.37. The van der Waals surface area contributed by atoms with Gasteiger partial charge in [-0.2, -0.15) is 0 Å². The van der Waals surface area contributed by atoms with Crippen LogP contribution in [0.1, 0.15) is 34.3 Å². The molecule has 1 fully saturated rings. The zero-order valence-electron chi connectivity index (χ0n) is 8.99. The van der Waals surface area contributed by atoms with Crippen LogP contribution in [-0.2, 0) is 6.54 Å². The monoisotopic (exact) mass is 201 g/mol. The first-order valence-electron chi connectivity index (χ1n) is 5.61. The molecule has 1 heterocycles. The van der Waals surface area contributed by atoms with Crippen molar-refractivity contribution in [1.29, 1.82) is 0 Å². The molecule has 0 saturated heterocycles. The number of hydrogen-bond acceptors (Lipinski definition) is 2. The highest BCUT2D eigenvalue weighted by molar-refractivity contribution is 6.00. The summed E-state index contributed by atoms with van der Waals surface area (Å²) in [5, 5.41) is 0. The van der Waals surface area contributed by atoms with Crippen molar-refractivity contribution in [1.82, 2.24) is 4.90 Å². The fraction of sp³-hybridized carbons (Fsp3) is 0.462. The molecule has 1 aliphatic heterocycles. The minimum Gasteiger partial charge on any atom is -0.293 e. The quantitative estimate of drug-likeness (QED) is 0.694. The van der Waals surface area contributed by atoms with E-state index < -0.39 is 0 Å². The molecular formula is C13H15NO. The Bertz CT molecular complexity index is 421. The number of benzene rings is 1. The van der Waals surface area contributed by atoms with E-state index in [1.807, 2.05) is 12.1 Å². The van der Waals surface area contributed by atoms with Crippen LogP contribution in [0.4, 0.5) is 0 Å². The van der Waals surface area contributed by atoms with Crippen LogP contribution >= 0.6 is 0 Å². The molecule has 0 bridgehead atoms. The maximum atomic E-state index is 11.9. The molecule has 0 N–H and O–H groups in total. The van der Waals surface area contributed by atoms with Crippen LogP contribution in [0.2, 0.25) is 0 Å². The molecule has 0 amide bonds. The van der Waals surface area contributed by atoms with Gasteiger partial charge in [0.15, 0.2) is 5.78 Å². The van der Waals surface area contributed by atoms with Gasteiger partial charge in [0.05, 0.1) is 6.54 Å². The molecule has 78 valence electrons. The molecule has 1 aromatic carbocycles. The van der Waals surface area contributed by atoms with Crippen molar-refractivity contribution >= 4 is 5.78 Å². The van der Waals surface area contributed by atoms with Gasteiger partial charge in [0.25, 0.3) is 0 Å². The van der Waals surface area contributed by atoms with E-state index >= 15 is 0 Å². The zero-order valence-corrected chi connectivity index (χ0v) is 8.99. The Kier molecular flexibility index (Phi) is 1.93. The van der Waals surface area contributed by atoms with Gasteiger partial charge < -0.3 is 0 Å². The molecule has 1 aliphatic carbocycles. The second-order valence-electron chi connectivity index (χ2n) is 4.72. The van der Waals surface area contributed by atoms with E-state index in [1.54, 1.807) is 0 Å². The van der Waals surface area contributed by atoms with Crippen LogP contribution in [0.25, 0.3) is 0 Å². The van der Waals surface area contributed by atoms with Crippen molar-refractivity contribution < 1.29 is 4.79 Å². The summed E-state index contributed by atoms with van der Waals surface area (Å²) in [6.45, 7) is 3.68. The Balaban J connectivity index is 1.97. The lowest BCUT2D eigenvalue weighted by Gasteiger charge is -2.27. The highest BCUT2D eigenvalue weighted by Crippen LogP contribution is 2.31. The maximum Gasteiger partial charge on any atom is 0.177 e. The Hall–Kier alpha value is -1.15. The van der Waals surface area contributed by atoms with E-state index in [2.05, 4.69) is 17.9 Å². The summed E-state index contributed by atoms with van der Waals surface area (Å²) in [7, 11) is 0. The molecule has 2 nitrogen and oxygen atoms in total. The number of ketones is 1. The fourth-order valence-corrected chi connectivity index (χ4v) is 2.37. The number of aryl methyl sites for hydroxylation is 1. The first kappa shape index (κ1) is 9.10. The van der Waals surface area contributed by atoms with Gasteiger partial charge in [0, 0.05) is 18.2 Å². The SMILES string of the molecule is Cc1ccc2c(c1)CN(C1CC1)CC2=O. The van der Waals surface area contributed by atoms with Gasteiger partial charge in [-0.1, -0.05) is 23.8 Å². The van der Waals surface area contributed by atoms with Crippen molar-refractivity contribution in [3.63, 3.8) is 0 Å². The van der Waals surface area contributed by atoms with Crippen LogP contribution in [-0.4, -0.2) is 23.3 Å². The summed E-state index contributed by atoms with van der Waals surface area (Å²) in [6.07, 6.45) is 2.54. The second-order valence-corrected chi connectivity index (χ2v) is 4.72. The average Bonchev–Trinajstić information content (AvgIpc) is 2.99. The van der Waals surface area contributed by atoms with Crippen LogP contribution in [0.5, 0.6) is 0 Å². The smallest absolute Gasteiger partial charge is 0.177 e. The summed E-state index contributed by atoms with van der Waals surface area (Å²) in [5.41, 5.74) is 3.41. The Morgan fingerprint density at radius 3 is 2.80 bits per heavy atom. The Labute approximate surface area is 89.9 Å². The molecule has 0 spiro atoms. The van der Waals surface area contributed by atoms with E-state index in [0.29, 0.717) is 18.4 Å². The number of nitrogens with zero attached hydrogens (tertiary/aromatic N) is 1. The molecule has 0 atom stereocenters. The van der Waals surface area contributed by atoms with Crippen molar-refractivity contribution in [2.24, 2.45) is 0 Å². The average molecular weight is 201 g/mol.